The van der Waals surface area contributed by atoms with E-state index in [9.17, 15) is 47.9 Å². The number of hydrogen-bond acceptors (Lipinski definition) is 3. The Bertz CT molecular complexity index is 1090. The molecule has 4 nitrogen and oxygen atoms in total. The molecule has 2 aromatic rings. The average Bonchev–Trinajstić information content (AvgIpc) is 2.52. The zero-order chi connectivity index (χ0) is 24.0. The van der Waals surface area contributed by atoms with E-state index in [1.807, 2.05) is 0 Å². The highest BCUT2D eigenvalue weighted by atomic mass is 79.9. The third-order valence-corrected chi connectivity index (χ3v) is 5.60. The Hall–Kier alpha value is -2.16. The zero-order valence-electron chi connectivity index (χ0n) is 14.8. The van der Waals surface area contributed by atoms with Crippen LogP contribution in [0.15, 0.2) is 39.7 Å². The summed E-state index contributed by atoms with van der Waals surface area (Å²) < 4.78 is 146. The number of rotatable bonds is 4. The number of sulfonamides is 1. The first-order valence-electron chi connectivity index (χ1n) is 7.68. The van der Waals surface area contributed by atoms with Crippen LogP contribution in [0.1, 0.15) is 16.7 Å². The van der Waals surface area contributed by atoms with Crippen molar-refractivity contribution in [3.05, 3.63) is 51.5 Å². The van der Waals surface area contributed by atoms with Gasteiger partial charge in [-0.2, -0.15) is 26.3 Å². The van der Waals surface area contributed by atoms with Crippen LogP contribution in [-0.2, 0) is 22.4 Å². The molecule has 0 radical (unpaired) electrons. The second-order valence-electron chi connectivity index (χ2n) is 5.94. The molecule has 1 N–H and O–H groups in total. The molecule has 2 rings (SSSR count). The summed E-state index contributed by atoms with van der Waals surface area (Å²) in [5, 5.41) is 0. The number of anilines is 1. The summed E-state index contributed by atoms with van der Waals surface area (Å²) in [6.45, 7) is 0.704. The lowest BCUT2D eigenvalue weighted by Gasteiger charge is -2.20. The number of alkyl halides is 9. The largest absolute Gasteiger partial charge is 0.573 e. The predicted molar refractivity (Wildman–Crippen MR) is 92.8 cm³/mol. The topological polar surface area (TPSA) is 55.4 Å². The Balaban J connectivity index is 2.66. The smallest absolute Gasteiger partial charge is 0.404 e. The van der Waals surface area contributed by atoms with E-state index in [0.717, 1.165) is 6.07 Å². The molecule has 0 saturated carbocycles. The number of nitrogens with one attached hydrogen (secondary N) is 1. The minimum atomic E-state index is -5.33. The van der Waals surface area contributed by atoms with Crippen LogP contribution in [0.5, 0.6) is 5.75 Å². The van der Waals surface area contributed by atoms with Crippen molar-refractivity contribution in [2.45, 2.75) is 30.5 Å². The quantitative estimate of drug-likeness (QED) is 0.446. The fraction of sp³-hybridized carbons (Fsp3) is 0.250. The third kappa shape index (κ3) is 6.18. The first-order chi connectivity index (χ1) is 13.8. The van der Waals surface area contributed by atoms with Crippen LogP contribution in [0, 0.1) is 6.92 Å². The maximum Gasteiger partial charge on any atom is 0.573 e. The normalized spacial score (nSPS) is 13.3. The van der Waals surface area contributed by atoms with E-state index in [0.29, 0.717) is 19.1 Å². The van der Waals surface area contributed by atoms with Gasteiger partial charge in [0.05, 0.1) is 16.8 Å². The number of benzene rings is 2. The minimum Gasteiger partial charge on any atom is -0.404 e. The van der Waals surface area contributed by atoms with Crippen LogP contribution in [0.2, 0.25) is 0 Å². The minimum absolute atomic E-state index is 0.0414. The fourth-order valence-corrected chi connectivity index (χ4v) is 3.95. The lowest BCUT2D eigenvalue weighted by atomic mass is 10.0. The molecule has 0 atom stereocenters. The van der Waals surface area contributed by atoms with E-state index >= 15 is 0 Å². The number of hydrogen-bond donors (Lipinski definition) is 1. The van der Waals surface area contributed by atoms with Gasteiger partial charge in [-0.3, -0.25) is 4.72 Å². The molecule has 15 heteroatoms. The van der Waals surface area contributed by atoms with Crippen molar-refractivity contribution in [2.75, 3.05) is 4.72 Å². The van der Waals surface area contributed by atoms with Gasteiger partial charge >= 0.3 is 18.7 Å². The van der Waals surface area contributed by atoms with Crippen molar-refractivity contribution in [1.82, 2.24) is 0 Å². The monoisotopic (exact) mass is 545 g/mol. The second kappa shape index (κ2) is 8.07. The van der Waals surface area contributed by atoms with Crippen molar-refractivity contribution in [3.8, 4) is 5.75 Å². The van der Waals surface area contributed by atoms with Gasteiger partial charge in [0.15, 0.2) is 5.75 Å². The van der Waals surface area contributed by atoms with Crippen LogP contribution in [0.4, 0.5) is 45.2 Å². The lowest BCUT2D eigenvalue weighted by molar-refractivity contribution is -0.275. The van der Waals surface area contributed by atoms with Gasteiger partial charge in [0.1, 0.15) is 4.90 Å². The van der Waals surface area contributed by atoms with E-state index < -0.39 is 61.8 Å². The van der Waals surface area contributed by atoms with Gasteiger partial charge in [0, 0.05) is 4.47 Å². The fourth-order valence-electron chi connectivity index (χ4n) is 2.39. The summed E-state index contributed by atoms with van der Waals surface area (Å²) in [6, 6.07) is 2.12. The summed E-state index contributed by atoms with van der Waals surface area (Å²) in [6.07, 6.45) is -15.9. The van der Waals surface area contributed by atoms with Crippen LogP contribution in [0.25, 0.3) is 0 Å². The van der Waals surface area contributed by atoms with Gasteiger partial charge in [-0.25, -0.2) is 8.42 Å². The molecule has 2 aromatic carbocycles. The molecular weight excluding hydrogens is 537 g/mol. The van der Waals surface area contributed by atoms with Gasteiger partial charge in [-0.15, -0.1) is 13.2 Å². The van der Waals surface area contributed by atoms with Crippen LogP contribution in [0.3, 0.4) is 0 Å². The van der Waals surface area contributed by atoms with Crippen molar-refractivity contribution in [3.63, 3.8) is 0 Å². The highest BCUT2D eigenvalue weighted by Gasteiger charge is 2.40. The van der Waals surface area contributed by atoms with Crippen molar-refractivity contribution in [1.29, 1.82) is 0 Å². The molecule has 0 spiro atoms. The van der Waals surface area contributed by atoms with Gasteiger partial charge in [-0.1, -0.05) is 15.9 Å². The van der Waals surface area contributed by atoms with Crippen molar-refractivity contribution >= 4 is 31.6 Å². The van der Waals surface area contributed by atoms with E-state index in [-0.39, 0.29) is 16.6 Å². The van der Waals surface area contributed by atoms with Crippen LogP contribution < -0.4 is 9.46 Å². The molecule has 0 aliphatic rings. The van der Waals surface area contributed by atoms with Crippen LogP contribution >= 0.6 is 15.9 Å². The molecule has 0 aliphatic heterocycles. The SMILES string of the molecule is Cc1c(NS(=O)(=O)c2ccc(Br)cc2OC(F)(F)F)cc(C(F)(F)F)cc1C(F)(F)F. The third-order valence-electron chi connectivity index (χ3n) is 3.71. The maximum atomic E-state index is 13.2. The molecule has 0 aliphatic carbocycles. The Morgan fingerprint density at radius 3 is 1.97 bits per heavy atom. The van der Waals surface area contributed by atoms with E-state index in [2.05, 4.69) is 20.7 Å². The summed E-state index contributed by atoms with van der Waals surface area (Å²) >= 11 is 2.80. The number of ether oxygens (including phenoxy) is 1. The molecule has 0 amide bonds. The molecule has 0 bridgehead atoms. The lowest BCUT2D eigenvalue weighted by Crippen LogP contribution is -2.22. The van der Waals surface area contributed by atoms with Gasteiger partial charge in [0.25, 0.3) is 10.0 Å². The van der Waals surface area contributed by atoms with Gasteiger partial charge in [-0.05, 0) is 42.8 Å². The molecule has 31 heavy (non-hydrogen) atoms. The molecule has 0 fully saturated rings. The molecule has 0 heterocycles. The maximum absolute atomic E-state index is 13.2. The molecule has 172 valence electrons. The zero-order valence-corrected chi connectivity index (χ0v) is 17.2. The van der Waals surface area contributed by atoms with Crippen molar-refractivity contribution < 1.29 is 52.7 Å². The standard InChI is InChI=1S/C16H9BrF9NO3S/c1-7-10(15(21,22)23)4-8(14(18,19)20)5-11(7)27-31(28,29)13-3-2-9(17)6-12(13)30-16(24,25)26/h2-6,27H,1H3. The molecule has 0 saturated heterocycles. The van der Waals surface area contributed by atoms with E-state index in [1.54, 1.807) is 0 Å². The molecule has 0 unspecified atom stereocenters. The molecular formula is C16H9BrF9NO3S. The van der Waals surface area contributed by atoms with E-state index in [4.69, 9.17) is 0 Å². The Morgan fingerprint density at radius 2 is 1.48 bits per heavy atom. The first kappa shape index (κ1) is 25.1. The van der Waals surface area contributed by atoms with Gasteiger partial charge < -0.3 is 4.74 Å². The average molecular weight is 546 g/mol. The molecule has 0 aromatic heterocycles. The Labute approximate surface area is 177 Å². The summed E-state index contributed by atoms with van der Waals surface area (Å²) in [7, 11) is -5.11. The summed E-state index contributed by atoms with van der Waals surface area (Å²) in [5.74, 6) is -1.25. The van der Waals surface area contributed by atoms with Gasteiger partial charge in [0.2, 0.25) is 0 Å². The van der Waals surface area contributed by atoms with Crippen molar-refractivity contribution in [2.24, 2.45) is 0 Å². The summed E-state index contributed by atoms with van der Waals surface area (Å²) in [5.41, 5.74) is -5.63. The highest BCUT2D eigenvalue weighted by Crippen LogP contribution is 2.41. The summed E-state index contributed by atoms with van der Waals surface area (Å²) in [4.78, 5) is -1.17. The number of halogens is 10. The highest BCUT2D eigenvalue weighted by molar-refractivity contribution is 9.10. The predicted octanol–water partition coefficient (Wildman–Crippen LogP) is 6.49. The second-order valence-corrected chi connectivity index (χ2v) is 8.50. The Kier molecular flexibility index (Phi) is 6.54. The van der Waals surface area contributed by atoms with Crippen LogP contribution in [-0.4, -0.2) is 14.8 Å². The van der Waals surface area contributed by atoms with E-state index in [1.165, 1.54) is 4.72 Å². The Morgan fingerprint density at radius 1 is 0.903 bits per heavy atom. The first-order valence-corrected chi connectivity index (χ1v) is 9.96.